The summed E-state index contributed by atoms with van der Waals surface area (Å²) in [5.74, 6) is 0.0445. The Morgan fingerprint density at radius 2 is 1.47 bits per heavy atom. The molecule has 15 heavy (non-hydrogen) atoms. The normalized spacial score (nSPS) is 9.93. The third-order valence-corrected chi connectivity index (χ3v) is 2.85. The highest BCUT2D eigenvalue weighted by molar-refractivity contribution is 9.10. The van der Waals surface area contributed by atoms with Gasteiger partial charge in [0.15, 0.2) is 5.78 Å². The van der Waals surface area contributed by atoms with Gasteiger partial charge in [0.2, 0.25) is 0 Å². The van der Waals surface area contributed by atoms with Crippen molar-refractivity contribution in [3.8, 4) is 0 Å². The standard InChI is InChI=1S/C13H9BrO/c14-12-9-5-4-8-11(12)13(15)10-6-2-1-3-7-10/h1-9H. The van der Waals surface area contributed by atoms with Crippen LogP contribution >= 0.6 is 15.9 Å². The third-order valence-electron chi connectivity index (χ3n) is 2.15. The van der Waals surface area contributed by atoms with Crippen molar-refractivity contribution in [2.75, 3.05) is 0 Å². The van der Waals surface area contributed by atoms with Gasteiger partial charge in [-0.05, 0) is 12.1 Å². The van der Waals surface area contributed by atoms with E-state index in [9.17, 15) is 4.79 Å². The van der Waals surface area contributed by atoms with Crippen molar-refractivity contribution in [2.45, 2.75) is 0 Å². The van der Waals surface area contributed by atoms with Gasteiger partial charge in [-0.2, -0.15) is 0 Å². The maximum atomic E-state index is 12.0. The summed E-state index contributed by atoms with van der Waals surface area (Å²) >= 11 is 3.37. The smallest absolute Gasteiger partial charge is 0.194 e. The molecule has 0 radical (unpaired) electrons. The summed E-state index contributed by atoms with van der Waals surface area (Å²) in [7, 11) is 0. The highest BCUT2D eigenvalue weighted by Crippen LogP contribution is 2.19. The molecule has 1 nitrogen and oxygen atoms in total. The fraction of sp³-hybridized carbons (Fsp3) is 0. The van der Waals surface area contributed by atoms with Crippen molar-refractivity contribution < 1.29 is 4.79 Å². The molecule has 0 bridgehead atoms. The topological polar surface area (TPSA) is 17.1 Å². The maximum absolute atomic E-state index is 12.0. The molecule has 0 atom stereocenters. The number of carbonyl (C=O) groups excluding carboxylic acids is 1. The monoisotopic (exact) mass is 260 g/mol. The Hall–Kier alpha value is -1.41. The van der Waals surface area contributed by atoms with Gasteiger partial charge in [-0.3, -0.25) is 4.79 Å². The minimum absolute atomic E-state index is 0.0445. The van der Waals surface area contributed by atoms with Gasteiger partial charge in [0, 0.05) is 15.6 Å². The van der Waals surface area contributed by atoms with E-state index in [1.807, 2.05) is 54.6 Å². The summed E-state index contributed by atoms with van der Waals surface area (Å²) in [5.41, 5.74) is 1.41. The van der Waals surface area contributed by atoms with E-state index in [4.69, 9.17) is 0 Å². The molecular formula is C13H9BrO. The molecule has 0 saturated carbocycles. The lowest BCUT2D eigenvalue weighted by Gasteiger charge is -2.02. The van der Waals surface area contributed by atoms with Crippen molar-refractivity contribution in [1.29, 1.82) is 0 Å². The molecule has 2 aromatic carbocycles. The van der Waals surface area contributed by atoms with Crippen LogP contribution in [-0.2, 0) is 0 Å². The number of halogens is 1. The number of rotatable bonds is 2. The Bertz CT molecular complexity index is 477. The first-order valence-corrected chi connectivity index (χ1v) is 5.42. The molecule has 0 spiro atoms. The minimum atomic E-state index is 0.0445. The van der Waals surface area contributed by atoms with Crippen LogP contribution < -0.4 is 0 Å². The Morgan fingerprint density at radius 1 is 0.867 bits per heavy atom. The molecule has 0 heterocycles. The lowest BCUT2D eigenvalue weighted by molar-refractivity contribution is 0.103. The Kier molecular flexibility index (Phi) is 2.97. The second-order valence-electron chi connectivity index (χ2n) is 3.17. The predicted molar refractivity (Wildman–Crippen MR) is 64.0 cm³/mol. The van der Waals surface area contributed by atoms with Gasteiger partial charge in [0.25, 0.3) is 0 Å². The number of benzene rings is 2. The Balaban J connectivity index is 2.42. The van der Waals surface area contributed by atoms with E-state index in [1.165, 1.54) is 0 Å². The van der Waals surface area contributed by atoms with Gasteiger partial charge in [-0.1, -0.05) is 58.4 Å². The minimum Gasteiger partial charge on any atom is -0.289 e. The fourth-order valence-corrected chi connectivity index (χ4v) is 1.86. The third kappa shape index (κ3) is 2.16. The van der Waals surface area contributed by atoms with E-state index >= 15 is 0 Å². The van der Waals surface area contributed by atoms with Crippen LogP contribution in [0.1, 0.15) is 15.9 Å². The molecule has 0 aliphatic heterocycles. The van der Waals surface area contributed by atoms with E-state index in [-0.39, 0.29) is 5.78 Å². The summed E-state index contributed by atoms with van der Waals surface area (Å²) < 4.78 is 0.832. The van der Waals surface area contributed by atoms with Crippen LogP contribution in [-0.4, -0.2) is 5.78 Å². The molecule has 0 fully saturated rings. The van der Waals surface area contributed by atoms with E-state index < -0.39 is 0 Å². The SMILES string of the molecule is O=C(c1ccccc1)c1ccccc1Br. The summed E-state index contributed by atoms with van der Waals surface area (Å²) in [6.45, 7) is 0. The highest BCUT2D eigenvalue weighted by Gasteiger charge is 2.10. The lowest BCUT2D eigenvalue weighted by Crippen LogP contribution is -2.01. The summed E-state index contributed by atoms with van der Waals surface area (Å²) in [6.07, 6.45) is 0. The Labute approximate surface area is 96.9 Å². The molecule has 0 unspecified atom stereocenters. The molecule has 2 heteroatoms. The van der Waals surface area contributed by atoms with Gasteiger partial charge in [0.1, 0.15) is 0 Å². The number of hydrogen-bond donors (Lipinski definition) is 0. The van der Waals surface area contributed by atoms with Crippen LogP contribution in [0.15, 0.2) is 59.1 Å². The molecule has 0 amide bonds. The molecule has 0 aliphatic rings. The fourth-order valence-electron chi connectivity index (χ4n) is 1.39. The van der Waals surface area contributed by atoms with Gasteiger partial charge in [-0.15, -0.1) is 0 Å². The maximum Gasteiger partial charge on any atom is 0.194 e. The van der Waals surface area contributed by atoms with Crippen molar-refractivity contribution in [3.05, 3.63) is 70.2 Å². The quantitative estimate of drug-likeness (QED) is 0.753. The molecule has 2 rings (SSSR count). The second kappa shape index (κ2) is 4.41. The second-order valence-corrected chi connectivity index (χ2v) is 4.03. The first-order valence-electron chi connectivity index (χ1n) is 4.63. The Morgan fingerprint density at radius 3 is 2.13 bits per heavy atom. The van der Waals surface area contributed by atoms with Crippen molar-refractivity contribution in [2.24, 2.45) is 0 Å². The van der Waals surface area contributed by atoms with E-state index in [2.05, 4.69) is 15.9 Å². The van der Waals surface area contributed by atoms with Gasteiger partial charge >= 0.3 is 0 Å². The van der Waals surface area contributed by atoms with Crippen LogP contribution in [0, 0.1) is 0 Å². The van der Waals surface area contributed by atoms with Crippen molar-refractivity contribution in [1.82, 2.24) is 0 Å². The zero-order valence-corrected chi connectivity index (χ0v) is 9.57. The molecule has 0 aromatic heterocycles. The van der Waals surface area contributed by atoms with Gasteiger partial charge in [0.05, 0.1) is 0 Å². The van der Waals surface area contributed by atoms with E-state index in [0.29, 0.717) is 11.1 Å². The molecule has 0 saturated heterocycles. The van der Waals surface area contributed by atoms with Crippen LogP contribution in [0.4, 0.5) is 0 Å². The molecule has 0 aliphatic carbocycles. The van der Waals surface area contributed by atoms with Crippen LogP contribution in [0.25, 0.3) is 0 Å². The first-order chi connectivity index (χ1) is 7.29. The van der Waals surface area contributed by atoms with Gasteiger partial charge in [-0.25, -0.2) is 0 Å². The number of carbonyl (C=O) groups is 1. The molecule has 74 valence electrons. The average molecular weight is 261 g/mol. The largest absolute Gasteiger partial charge is 0.289 e. The summed E-state index contributed by atoms with van der Waals surface area (Å²) in [5, 5.41) is 0. The highest BCUT2D eigenvalue weighted by atomic mass is 79.9. The zero-order valence-electron chi connectivity index (χ0n) is 7.98. The van der Waals surface area contributed by atoms with Crippen molar-refractivity contribution in [3.63, 3.8) is 0 Å². The summed E-state index contributed by atoms with van der Waals surface area (Å²) in [6, 6.07) is 16.7. The summed E-state index contributed by atoms with van der Waals surface area (Å²) in [4.78, 5) is 12.0. The number of ketones is 1. The molecular weight excluding hydrogens is 252 g/mol. The first kappa shape index (κ1) is 10.1. The van der Waals surface area contributed by atoms with Gasteiger partial charge < -0.3 is 0 Å². The van der Waals surface area contributed by atoms with Crippen molar-refractivity contribution >= 4 is 21.7 Å². The average Bonchev–Trinajstić information content (AvgIpc) is 2.30. The zero-order chi connectivity index (χ0) is 10.7. The molecule has 2 aromatic rings. The number of hydrogen-bond acceptors (Lipinski definition) is 1. The van der Waals surface area contributed by atoms with Crippen LogP contribution in [0.2, 0.25) is 0 Å². The van der Waals surface area contributed by atoms with E-state index in [1.54, 1.807) is 0 Å². The predicted octanol–water partition coefficient (Wildman–Crippen LogP) is 3.68. The lowest BCUT2D eigenvalue weighted by atomic mass is 10.0. The van der Waals surface area contributed by atoms with Crippen LogP contribution in [0.5, 0.6) is 0 Å². The van der Waals surface area contributed by atoms with E-state index in [0.717, 1.165) is 4.47 Å². The molecule has 0 N–H and O–H groups in total. The van der Waals surface area contributed by atoms with Crippen LogP contribution in [0.3, 0.4) is 0 Å².